The monoisotopic (exact) mass is 272 g/mol. The van der Waals surface area contributed by atoms with Crippen LogP contribution in [0.1, 0.15) is 38.5 Å². The summed E-state index contributed by atoms with van der Waals surface area (Å²) in [6.45, 7) is 0.134. The number of nitrogens with zero attached hydrogens (tertiary/aromatic N) is 1. The molecule has 0 aromatic heterocycles. The Labute approximate surface area is 114 Å². The fourth-order valence-corrected chi connectivity index (χ4v) is 3.00. The zero-order valence-corrected chi connectivity index (χ0v) is 12.2. The first-order chi connectivity index (χ1) is 8.64. The van der Waals surface area contributed by atoms with Gasteiger partial charge in [0.25, 0.3) is 0 Å². The highest BCUT2D eigenvalue weighted by atomic mass is 16.4. The molecule has 19 heavy (non-hydrogen) atoms. The van der Waals surface area contributed by atoms with E-state index in [1.165, 1.54) is 0 Å². The van der Waals surface area contributed by atoms with E-state index >= 15 is 0 Å². The summed E-state index contributed by atoms with van der Waals surface area (Å²) >= 11 is 0. The summed E-state index contributed by atoms with van der Waals surface area (Å²) in [5, 5.41) is 19.6. The van der Waals surface area contributed by atoms with Crippen LogP contribution in [0.5, 0.6) is 0 Å². The summed E-state index contributed by atoms with van der Waals surface area (Å²) in [6, 6.07) is 0. The first-order valence-electron chi connectivity index (χ1n) is 6.93. The lowest BCUT2D eigenvalue weighted by molar-refractivity contribution is -0.875. The lowest BCUT2D eigenvalue weighted by Crippen LogP contribution is -2.56. The van der Waals surface area contributed by atoms with Gasteiger partial charge in [0.1, 0.15) is 6.54 Å². The fourth-order valence-electron chi connectivity index (χ4n) is 3.00. The molecule has 1 rings (SSSR count). The van der Waals surface area contributed by atoms with Crippen molar-refractivity contribution in [1.82, 2.24) is 0 Å². The molecule has 110 valence electrons. The number of quaternary nitrogens is 1. The van der Waals surface area contributed by atoms with Gasteiger partial charge in [0.15, 0.2) is 11.4 Å². The third kappa shape index (κ3) is 4.91. The number of carbonyl (C=O) groups is 2. The van der Waals surface area contributed by atoms with Gasteiger partial charge in [-0.05, 0) is 12.8 Å². The zero-order valence-electron chi connectivity index (χ0n) is 12.2. The number of carboxylic acid groups (broad SMARTS) is 1. The molecule has 0 bridgehead atoms. The van der Waals surface area contributed by atoms with Crippen LogP contribution in [0.25, 0.3) is 0 Å². The topological polar surface area (TPSA) is 74.6 Å². The van der Waals surface area contributed by atoms with E-state index in [2.05, 4.69) is 0 Å². The number of hydrogen-bond acceptors (Lipinski definition) is 3. The lowest BCUT2D eigenvalue weighted by Gasteiger charge is -2.36. The second-order valence-corrected chi connectivity index (χ2v) is 6.75. The van der Waals surface area contributed by atoms with Crippen molar-refractivity contribution < 1.29 is 24.3 Å². The maximum atomic E-state index is 12.5. The van der Waals surface area contributed by atoms with Crippen molar-refractivity contribution in [2.75, 3.05) is 27.7 Å². The predicted molar refractivity (Wildman–Crippen MR) is 71.7 cm³/mol. The molecular formula is C14H26NO4+. The maximum Gasteiger partial charge on any atom is 0.306 e. The Hall–Kier alpha value is -0.940. The number of Topliss-reactive ketones (excluding diaryl/α,β-unsaturated/α-hetero) is 1. The molecule has 1 saturated carbocycles. The lowest BCUT2D eigenvalue weighted by atomic mass is 9.78. The molecule has 1 fully saturated rings. The molecule has 0 heterocycles. The molecule has 0 spiro atoms. The minimum atomic E-state index is -1.74. The Morgan fingerprint density at radius 2 is 1.68 bits per heavy atom. The Morgan fingerprint density at radius 3 is 2.11 bits per heavy atom. The van der Waals surface area contributed by atoms with Crippen molar-refractivity contribution in [3.63, 3.8) is 0 Å². The van der Waals surface area contributed by atoms with Crippen LogP contribution in [-0.2, 0) is 9.59 Å². The Morgan fingerprint density at radius 1 is 1.16 bits per heavy atom. The van der Waals surface area contributed by atoms with Gasteiger partial charge in [0.05, 0.1) is 27.6 Å². The van der Waals surface area contributed by atoms with Gasteiger partial charge in [-0.25, -0.2) is 0 Å². The summed E-state index contributed by atoms with van der Waals surface area (Å²) in [6.07, 6.45) is 4.15. The summed E-state index contributed by atoms with van der Waals surface area (Å²) < 4.78 is 0.363. The molecule has 1 aliphatic carbocycles. The minimum absolute atomic E-state index is 0.134. The molecular weight excluding hydrogens is 246 g/mol. The predicted octanol–water partition coefficient (Wildman–Crippen LogP) is 1.05. The van der Waals surface area contributed by atoms with Gasteiger partial charge in [-0.3, -0.25) is 9.59 Å². The molecule has 5 nitrogen and oxygen atoms in total. The largest absolute Gasteiger partial charge is 0.481 e. The zero-order chi connectivity index (χ0) is 14.7. The minimum Gasteiger partial charge on any atom is -0.481 e. The second-order valence-electron chi connectivity index (χ2n) is 6.75. The molecule has 1 atom stereocenters. The summed E-state index contributed by atoms with van der Waals surface area (Å²) in [5.41, 5.74) is -1.74. The number of hydrogen-bond donors (Lipinski definition) is 2. The van der Waals surface area contributed by atoms with Crippen LogP contribution in [0, 0.1) is 5.92 Å². The molecule has 0 aromatic rings. The molecule has 5 heteroatoms. The quantitative estimate of drug-likeness (QED) is 0.709. The normalized spacial score (nSPS) is 20.8. The van der Waals surface area contributed by atoms with Gasteiger partial charge in [-0.1, -0.05) is 19.3 Å². The van der Waals surface area contributed by atoms with Crippen LogP contribution in [-0.4, -0.2) is 59.7 Å². The van der Waals surface area contributed by atoms with E-state index in [1.807, 2.05) is 21.1 Å². The van der Waals surface area contributed by atoms with E-state index in [9.17, 15) is 14.7 Å². The standard InChI is InChI=1S/C14H25NO4/c1-15(2,3)10-14(19,9-12(16)17)13(18)11-7-5-4-6-8-11/h11,19H,4-10H2,1-3H3/p+1. The van der Waals surface area contributed by atoms with Crippen LogP contribution >= 0.6 is 0 Å². The van der Waals surface area contributed by atoms with Gasteiger partial charge >= 0.3 is 5.97 Å². The number of likely N-dealkylation sites (N-methyl/N-ethyl adjacent to an activating group) is 1. The van der Waals surface area contributed by atoms with E-state index in [0.29, 0.717) is 4.48 Å². The summed E-state index contributed by atoms with van der Waals surface area (Å²) in [7, 11) is 5.54. The number of aliphatic carboxylic acids is 1. The molecule has 2 N–H and O–H groups in total. The molecule has 1 unspecified atom stereocenters. The number of rotatable bonds is 6. The van der Waals surface area contributed by atoms with Crippen molar-refractivity contribution in [2.24, 2.45) is 5.92 Å². The van der Waals surface area contributed by atoms with Crippen LogP contribution in [0.15, 0.2) is 0 Å². The first-order valence-corrected chi connectivity index (χ1v) is 6.93. The third-order valence-electron chi connectivity index (χ3n) is 3.61. The van der Waals surface area contributed by atoms with Crippen LogP contribution < -0.4 is 0 Å². The SMILES string of the molecule is C[N+](C)(C)CC(O)(CC(=O)O)C(=O)C1CCCCC1. The molecule has 0 aromatic carbocycles. The number of aliphatic hydroxyl groups is 1. The Kier molecular flexibility index (Phi) is 5.10. The van der Waals surface area contributed by atoms with Crippen molar-refractivity contribution in [3.8, 4) is 0 Å². The highest BCUT2D eigenvalue weighted by Gasteiger charge is 2.46. The summed E-state index contributed by atoms with van der Waals surface area (Å²) in [4.78, 5) is 23.5. The van der Waals surface area contributed by atoms with E-state index in [0.717, 1.165) is 32.1 Å². The number of ketones is 1. The maximum absolute atomic E-state index is 12.5. The average molecular weight is 272 g/mol. The van der Waals surface area contributed by atoms with E-state index < -0.39 is 18.0 Å². The van der Waals surface area contributed by atoms with Gasteiger partial charge in [0.2, 0.25) is 0 Å². The smallest absolute Gasteiger partial charge is 0.306 e. The van der Waals surface area contributed by atoms with Crippen LogP contribution in [0.2, 0.25) is 0 Å². The number of carbonyl (C=O) groups excluding carboxylic acids is 1. The first kappa shape index (κ1) is 16.1. The molecule has 0 amide bonds. The van der Waals surface area contributed by atoms with Gasteiger partial charge < -0.3 is 14.7 Å². The molecule has 0 saturated heterocycles. The second kappa shape index (κ2) is 6.01. The number of carboxylic acids is 1. The average Bonchev–Trinajstić information content (AvgIpc) is 2.25. The van der Waals surface area contributed by atoms with Crippen LogP contribution in [0.4, 0.5) is 0 Å². The van der Waals surface area contributed by atoms with Crippen molar-refractivity contribution in [3.05, 3.63) is 0 Å². The third-order valence-corrected chi connectivity index (χ3v) is 3.61. The van der Waals surface area contributed by atoms with Crippen molar-refractivity contribution >= 4 is 11.8 Å². The Bertz CT molecular complexity index is 342. The van der Waals surface area contributed by atoms with Gasteiger partial charge in [0, 0.05) is 5.92 Å². The van der Waals surface area contributed by atoms with Gasteiger partial charge in [-0.15, -0.1) is 0 Å². The summed E-state index contributed by atoms with van der Waals surface area (Å²) in [5.74, 6) is -1.58. The fraction of sp³-hybridized carbons (Fsp3) is 0.857. The molecule has 0 radical (unpaired) electrons. The van der Waals surface area contributed by atoms with Crippen molar-refractivity contribution in [2.45, 2.75) is 44.1 Å². The van der Waals surface area contributed by atoms with E-state index in [1.54, 1.807) is 0 Å². The van der Waals surface area contributed by atoms with Gasteiger partial charge in [-0.2, -0.15) is 0 Å². The molecule has 1 aliphatic rings. The Balaban J connectivity index is 2.87. The van der Waals surface area contributed by atoms with Crippen LogP contribution in [0.3, 0.4) is 0 Å². The highest BCUT2D eigenvalue weighted by molar-refractivity contribution is 5.92. The van der Waals surface area contributed by atoms with Crippen molar-refractivity contribution in [1.29, 1.82) is 0 Å². The van der Waals surface area contributed by atoms with E-state index in [4.69, 9.17) is 5.11 Å². The molecule has 0 aliphatic heterocycles. The highest BCUT2D eigenvalue weighted by Crippen LogP contribution is 2.30. The van der Waals surface area contributed by atoms with E-state index in [-0.39, 0.29) is 18.2 Å².